The smallest absolute Gasteiger partial charge is 0.410 e. The van der Waals surface area contributed by atoms with Crippen LogP contribution in [-0.2, 0) is 9.53 Å². The van der Waals surface area contributed by atoms with Crippen molar-refractivity contribution in [2.24, 2.45) is 5.92 Å². The van der Waals surface area contributed by atoms with Crippen molar-refractivity contribution < 1.29 is 18.7 Å². The molecule has 1 atom stereocenters. The quantitative estimate of drug-likeness (QED) is 0.773. The predicted octanol–water partition coefficient (Wildman–Crippen LogP) is 4.60. The number of amides is 2. The number of fused-ring (bicyclic) bond motifs is 1. The summed E-state index contributed by atoms with van der Waals surface area (Å²) in [4.78, 5) is 28.6. The monoisotopic (exact) mass is 386 g/mol. The number of piperidine rings is 1. The molecule has 28 heavy (non-hydrogen) atoms. The van der Waals surface area contributed by atoms with Gasteiger partial charge in [0, 0.05) is 31.4 Å². The van der Waals surface area contributed by atoms with E-state index in [-0.39, 0.29) is 24.0 Å². The average molecular weight is 386 g/mol. The predicted molar refractivity (Wildman–Crippen MR) is 108 cm³/mol. The number of hydrogen-bond donors (Lipinski definition) is 0. The van der Waals surface area contributed by atoms with Crippen molar-refractivity contribution in [3.8, 4) is 0 Å². The number of para-hydroxylation sites is 1. The highest BCUT2D eigenvalue weighted by Crippen LogP contribution is 2.29. The number of nitrogens with zero attached hydrogens (tertiary/aromatic N) is 2. The van der Waals surface area contributed by atoms with E-state index < -0.39 is 5.60 Å². The molecule has 0 saturated carbocycles. The first-order valence-corrected chi connectivity index (χ1v) is 9.89. The molecule has 6 nitrogen and oxygen atoms in total. The molecular formula is C22H30N2O4. The maximum Gasteiger partial charge on any atom is 0.410 e. The van der Waals surface area contributed by atoms with Crippen molar-refractivity contribution in [1.82, 2.24) is 9.80 Å². The minimum atomic E-state index is -0.508. The second-order valence-electron chi connectivity index (χ2n) is 8.55. The lowest BCUT2D eigenvalue weighted by Crippen LogP contribution is -2.45. The van der Waals surface area contributed by atoms with Crippen LogP contribution in [0.1, 0.15) is 52.3 Å². The zero-order valence-electron chi connectivity index (χ0n) is 17.4. The summed E-state index contributed by atoms with van der Waals surface area (Å²) in [5, 5.41) is 1.04. The van der Waals surface area contributed by atoms with Gasteiger partial charge in [0.15, 0.2) is 0 Å². The van der Waals surface area contributed by atoms with Gasteiger partial charge < -0.3 is 19.0 Å². The largest absolute Gasteiger partial charge is 0.459 e. The van der Waals surface area contributed by atoms with Crippen LogP contribution in [0.5, 0.6) is 0 Å². The molecule has 0 radical (unpaired) electrons. The maximum absolute atomic E-state index is 13.0. The minimum absolute atomic E-state index is 0.0875. The molecule has 152 valence electrons. The molecule has 0 N–H and O–H groups in total. The van der Waals surface area contributed by atoms with Gasteiger partial charge in [0.05, 0.1) is 6.04 Å². The summed E-state index contributed by atoms with van der Waals surface area (Å²) >= 11 is 0. The number of carbonyl (C=O) groups excluding carboxylic acids is 2. The van der Waals surface area contributed by atoms with Crippen molar-refractivity contribution in [3.63, 3.8) is 0 Å². The van der Waals surface area contributed by atoms with Crippen molar-refractivity contribution in [2.75, 3.05) is 20.1 Å². The van der Waals surface area contributed by atoms with Crippen LogP contribution in [0.15, 0.2) is 34.7 Å². The van der Waals surface area contributed by atoms with E-state index in [9.17, 15) is 9.59 Å². The second kappa shape index (κ2) is 7.86. The number of likely N-dealkylation sites (tertiary alicyclic amines) is 1. The summed E-state index contributed by atoms with van der Waals surface area (Å²) < 4.78 is 11.3. The molecule has 3 rings (SSSR count). The van der Waals surface area contributed by atoms with E-state index in [1.54, 1.807) is 9.80 Å². The number of carbonyl (C=O) groups is 2. The van der Waals surface area contributed by atoms with Crippen LogP contribution in [0.4, 0.5) is 4.79 Å². The van der Waals surface area contributed by atoms with Gasteiger partial charge >= 0.3 is 6.09 Å². The van der Waals surface area contributed by atoms with Gasteiger partial charge in [-0.2, -0.15) is 0 Å². The van der Waals surface area contributed by atoms with E-state index >= 15 is 0 Å². The Hall–Kier alpha value is -2.50. The van der Waals surface area contributed by atoms with E-state index in [0.29, 0.717) is 25.9 Å². The molecule has 0 bridgehead atoms. The molecule has 1 aromatic carbocycles. The zero-order valence-corrected chi connectivity index (χ0v) is 17.4. The van der Waals surface area contributed by atoms with Crippen LogP contribution >= 0.6 is 0 Å². The second-order valence-corrected chi connectivity index (χ2v) is 8.55. The topological polar surface area (TPSA) is 63.0 Å². The van der Waals surface area contributed by atoms with E-state index in [1.165, 1.54) is 0 Å². The fraction of sp³-hybridized carbons (Fsp3) is 0.545. The number of hydrogen-bond acceptors (Lipinski definition) is 4. The lowest BCUT2D eigenvalue weighted by molar-refractivity contribution is -0.138. The number of furan rings is 1. The SMILES string of the molecule is CC(c1cc2ccccc2o1)N(C)C(=O)C1CCN(C(=O)OC(C)(C)C)CC1. The molecule has 1 saturated heterocycles. The Kier molecular flexibility index (Phi) is 5.68. The van der Waals surface area contributed by atoms with Crippen molar-refractivity contribution in [2.45, 2.75) is 52.2 Å². The highest BCUT2D eigenvalue weighted by Gasteiger charge is 2.33. The summed E-state index contributed by atoms with van der Waals surface area (Å²) in [5.41, 5.74) is 0.322. The normalized spacial score (nSPS) is 16.8. The zero-order chi connectivity index (χ0) is 20.5. The van der Waals surface area contributed by atoms with E-state index in [2.05, 4.69) is 0 Å². The third-order valence-electron chi connectivity index (χ3n) is 5.28. The Bertz CT molecular complexity index is 811. The van der Waals surface area contributed by atoms with Crippen LogP contribution in [0.2, 0.25) is 0 Å². The Morgan fingerprint density at radius 1 is 1.21 bits per heavy atom. The van der Waals surface area contributed by atoms with Crippen LogP contribution < -0.4 is 0 Å². The Morgan fingerprint density at radius 2 is 1.86 bits per heavy atom. The summed E-state index contributed by atoms with van der Waals surface area (Å²) in [6.45, 7) is 8.63. The Balaban J connectivity index is 1.59. The standard InChI is InChI=1S/C22H30N2O4/c1-15(19-14-17-8-6-7-9-18(17)27-19)23(5)20(25)16-10-12-24(13-11-16)21(26)28-22(2,3)4/h6-9,14-16H,10-13H2,1-5H3. The molecule has 1 unspecified atom stereocenters. The molecule has 1 aliphatic rings. The summed E-state index contributed by atoms with van der Waals surface area (Å²) in [6.07, 6.45) is 0.993. The van der Waals surface area contributed by atoms with Gasteiger partial charge in [-0.3, -0.25) is 4.79 Å². The summed E-state index contributed by atoms with van der Waals surface area (Å²) in [5.74, 6) is 0.788. The first kappa shape index (κ1) is 20.2. The van der Waals surface area contributed by atoms with Gasteiger partial charge in [0.2, 0.25) is 5.91 Å². The van der Waals surface area contributed by atoms with E-state index in [0.717, 1.165) is 16.7 Å². The molecule has 2 heterocycles. The minimum Gasteiger partial charge on any atom is -0.459 e. The highest BCUT2D eigenvalue weighted by atomic mass is 16.6. The molecule has 1 aliphatic heterocycles. The van der Waals surface area contributed by atoms with Gasteiger partial charge in [-0.1, -0.05) is 18.2 Å². The Morgan fingerprint density at radius 3 is 2.46 bits per heavy atom. The highest BCUT2D eigenvalue weighted by molar-refractivity contribution is 5.81. The van der Waals surface area contributed by atoms with Crippen molar-refractivity contribution >= 4 is 23.0 Å². The molecular weight excluding hydrogens is 356 g/mol. The fourth-order valence-electron chi connectivity index (χ4n) is 3.51. The lowest BCUT2D eigenvalue weighted by Gasteiger charge is -2.35. The van der Waals surface area contributed by atoms with Gasteiger partial charge in [0.1, 0.15) is 16.9 Å². The first-order chi connectivity index (χ1) is 13.2. The number of rotatable bonds is 3. The van der Waals surface area contributed by atoms with Crippen LogP contribution in [0, 0.1) is 5.92 Å². The van der Waals surface area contributed by atoms with Gasteiger partial charge in [-0.25, -0.2) is 4.79 Å². The number of ether oxygens (including phenoxy) is 1. The number of benzene rings is 1. The molecule has 2 amide bonds. The lowest BCUT2D eigenvalue weighted by atomic mass is 9.95. The van der Waals surface area contributed by atoms with Crippen molar-refractivity contribution in [1.29, 1.82) is 0 Å². The summed E-state index contributed by atoms with van der Waals surface area (Å²) in [7, 11) is 1.82. The van der Waals surface area contributed by atoms with Gasteiger partial charge in [-0.05, 0) is 52.7 Å². The third kappa shape index (κ3) is 4.49. The van der Waals surface area contributed by atoms with Crippen molar-refractivity contribution in [3.05, 3.63) is 36.1 Å². The first-order valence-electron chi connectivity index (χ1n) is 9.89. The maximum atomic E-state index is 13.0. The van der Waals surface area contributed by atoms with Gasteiger partial charge in [-0.15, -0.1) is 0 Å². The molecule has 0 spiro atoms. The van der Waals surface area contributed by atoms with E-state index in [1.807, 2.05) is 65.1 Å². The average Bonchev–Trinajstić information content (AvgIpc) is 3.09. The van der Waals surface area contributed by atoms with Crippen LogP contribution in [-0.4, -0.2) is 47.5 Å². The molecule has 0 aliphatic carbocycles. The van der Waals surface area contributed by atoms with Gasteiger partial charge in [0.25, 0.3) is 0 Å². The summed E-state index contributed by atoms with van der Waals surface area (Å²) in [6, 6.07) is 9.69. The van der Waals surface area contributed by atoms with E-state index in [4.69, 9.17) is 9.15 Å². The molecule has 1 aromatic heterocycles. The van der Waals surface area contributed by atoms with Crippen LogP contribution in [0.25, 0.3) is 11.0 Å². The fourth-order valence-corrected chi connectivity index (χ4v) is 3.51. The molecule has 2 aromatic rings. The molecule has 6 heteroatoms. The Labute approximate surface area is 166 Å². The molecule has 1 fully saturated rings. The van der Waals surface area contributed by atoms with Crippen LogP contribution in [0.3, 0.4) is 0 Å². The third-order valence-corrected chi connectivity index (χ3v) is 5.28.